The van der Waals surface area contributed by atoms with Crippen molar-refractivity contribution in [3.05, 3.63) is 54.4 Å². The van der Waals surface area contributed by atoms with Crippen LogP contribution < -0.4 is 10.5 Å². The highest BCUT2D eigenvalue weighted by molar-refractivity contribution is 5.66. The Morgan fingerprint density at radius 2 is 1.75 bits per heavy atom. The molecule has 1 saturated carbocycles. The number of hydrogen-bond acceptors (Lipinski definition) is 6. The summed E-state index contributed by atoms with van der Waals surface area (Å²) in [4.78, 5) is 15.8. The maximum Gasteiger partial charge on any atom is 0.321 e. The molecule has 0 atom stereocenters. The van der Waals surface area contributed by atoms with Crippen molar-refractivity contribution in [2.24, 2.45) is 0 Å². The molecule has 1 fully saturated rings. The largest absolute Gasteiger partial charge is 0.421 e. The topological polar surface area (TPSA) is 86.8 Å². The van der Waals surface area contributed by atoms with E-state index in [1.54, 1.807) is 24.5 Å². The van der Waals surface area contributed by atoms with Gasteiger partial charge in [-0.05, 0) is 24.8 Å². The number of rotatable bonds is 4. The molecule has 7 heteroatoms. The zero-order chi connectivity index (χ0) is 16.5. The summed E-state index contributed by atoms with van der Waals surface area (Å²) in [6.07, 6.45) is 8.12. The van der Waals surface area contributed by atoms with Gasteiger partial charge in [0.15, 0.2) is 11.6 Å². The van der Waals surface area contributed by atoms with Gasteiger partial charge in [-0.3, -0.25) is 0 Å². The quantitative estimate of drug-likeness (QED) is 0.792. The minimum absolute atomic E-state index is 0.115. The van der Waals surface area contributed by atoms with Gasteiger partial charge in [-0.2, -0.15) is 0 Å². The van der Waals surface area contributed by atoms with Gasteiger partial charge in [0.05, 0.1) is 0 Å². The SMILES string of the molecule is Nc1ncc(-c2ccc(C3CC3)c(Oc3ncccn3)c2F)cn1. The molecule has 1 aliphatic rings. The molecule has 0 saturated heterocycles. The third kappa shape index (κ3) is 2.76. The maximum absolute atomic E-state index is 15.1. The highest BCUT2D eigenvalue weighted by Gasteiger charge is 2.30. The van der Waals surface area contributed by atoms with E-state index in [4.69, 9.17) is 10.5 Å². The fourth-order valence-electron chi connectivity index (χ4n) is 2.52. The van der Waals surface area contributed by atoms with E-state index in [0.717, 1.165) is 18.4 Å². The molecule has 0 spiro atoms. The Hall–Kier alpha value is -3.09. The molecule has 0 radical (unpaired) electrons. The van der Waals surface area contributed by atoms with Crippen LogP contribution in [0.25, 0.3) is 11.1 Å². The summed E-state index contributed by atoms with van der Waals surface area (Å²) < 4.78 is 20.8. The number of benzene rings is 1. The molecule has 4 rings (SSSR count). The van der Waals surface area contributed by atoms with E-state index >= 15 is 4.39 Å². The molecule has 6 nitrogen and oxygen atoms in total. The molecule has 1 aliphatic carbocycles. The fraction of sp³-hybridized carbons (Fsp3) is 0.176. The van der Waals surface area contributed by atoms with Crippen LogP contribution in [0, 0.1) is 5.82 Å². The summed E-state index contributed by atoms with van der Waals surface area (Å²) >= 11 is 0. The number of nitrogens with zero attached hydrogens (tertiary/aromatic N) is 4. The van der Waals surface area contributed by atoms with Crippen LogP contribution in [0.3, 0.4) is 0 Å². The van der Waals surface area contributed by atoms with Crippen LogP contribution >= 0.6 is 0 Å². The van der Waals surface area contributed by atoms with Crippen molar-refractivity contribution in [1.82, 2.24) is 19.9 Å². The minimum Gasteiger partial charge on any atom is -0.421 e. The zero-order valence-electron chi connectivity index (χ0n) is 12.7. The number of hydrogen-bond donors (Lipinski definition) is 1. The summed E-state index contributed by atoms with van der Waals surface area (Å²) in [7, 11) is 0. The molecule has 0 bridgehead atoms. The molecule has 2 heterocycles. The van der Waals surface area contributed by atoms with Gasteiger partial charge in [-0.15, -0.1) is 0 Å². The van der Waals surface area contributed by atoms with Crippen LogP contribution in [0.4, 0.5) is 10.3 Å². The summed E-state index contributed by atoms with van der Waals surface area (Å²) in [5, 5.41) is 0. The minimum atomic E-state index is -0.472. The molecule has 3 aromatic rings. The van der Waals surface area contributed by atoms with Gasteiger partial charge >= 0.3 is 6.01 Å². The number of aromatic nitrogens is 4. The molecule has 1 aromatic carbocycles. The van der Waals surface area contributed by atoms with Gasteiger partial charge in [-0.1, -0.05) is 12.1 Å². The lowest BCUT2D eigenvalue weighted by molar-refractivity contribution is 0.406. The molecule has 0 aliphatic heterocycles. The van der Waals surface area contributed by atoms with Crippen LogP contribution in [0.15, 0.2) is 43.0 Å². The van der Waals surface area contributed by atoms with E-state index in [0.29, 0.717) is 17.0 Å². The van der Waals surface area contributed by atoms with Crippen molar-refractivity contribution in [3.8, 4) is 22.9 Å². The first-order valence-corrected chi connectivity index (χ1v) is 7.57. The first-order valence-electron chi connectivity index (χ1n) is 7.57. The molecule has 24 heavy (non-hydrogen) atoms. The van der Waals surface area contributed by atoms with Crippen molar-refractivity contribution in [1.29, 1.82) is 0 Å². The van der Waals surface area contributed by atoms with Crippen LogP contribution in [0.2, 0.25) is 0 Å². The van der Waals surface area contributed by atoms with E-state index in [1.165, 1.54) is 12.4 Å². The van der Waals surface area contributed by atoms with Gasteiger partial charge in [0, 0.05) is 41.5 Å². The second-order valence-corrected chi connectivity index (χ2v) is 5.58. The number of nitrogen functional groups attached to an aromatic ring is 1. The molecule has 0 amide bonds. The Morgan fingerprint density at radius 3 is 2.42 bits per heavy atom. The number of anilines is 1. The Kier molecular flexibility index (Phi) is 3.53. The summed E-state index contributed by atoms with van der Waals surface area (Å²) in [5.74, 6) is 0.149. The van der Waals surface area contributed by atoms with E-state index in [2.05, 4.69) is 19.9 Å². The molecule has 2 aromatic heterocycles. The Balaban J connectivity index is 1.80. The van der Waals surface area contributed by atoms with Crippen LogP contribution in [0.5, 0.6) is 11.8 Å². The number of halogens is 1. The predicted molar refractivity (Wildman–Crippen MR) is 85.9 cm³/mol. The standard InChI is InChI=1S/C17H14FN5O/c18-14-12(11-8-22-16(19)23-9-11)4-5-13(10-2-3-10)15(14)24-17-20-6-1-7-21-17/h1,4-10H,2-3H2,(H2,19,22,23). The fourth-order valence-corrected chi connectivity index (χ4v) is 2.52. The third-order valence-electron chi connectivity index (χ3n) is 3.86. The van der Waals surface area contributed by atoms with Gasteiger partial charge in [-0.25, -0.2) is 24.3 Å². The Labute approximate surface area is 137 Å². The van der Waals surface area contributed by atoms with E-state index in [1.807, 2.05) is 6.07 Å². The van der Waals surface area contributed by atoms with Gasteiger partial charge < -0.3 is 10.5 Å². The van der Waals surface area contributed by atoms with Crippen LogP contribution in [-0.4, -0.2) is 19.9 Å². The lowest BCUT2D eigenvalue weighted by Crippen LogP contribution is -2.00. The lowest BCUT2D eigenvalue weighted by Gasteiger charge is -2.13. The Morgan fingerprint density at radius 1 is 1.04 bits per heavy atom. The predicted octanol–water partition coefficient (Wildman–Crippen LogP) is 3.32. The highest BCUT2D eigenvalue weighted by atomic mass is 19.1. The van der Waals surface area contributed by atoms with Crippen molar-refractivity contribution in [2.45, 2.75) is 18.8 Å². The lowest BCUT2D eigenvalue weighted by atomic mass is 10.0. The number of ether oxygens (including phenoxy) is 1. The molecule has 2 N–H and O–H groups in total. The van der Waals surface area contributed by atoms with Gasteiger partial charge in [0.1, 0.15) is 0 Å². The second-order valence-electron chi connectivity index (χ2n) is 5.58. The highest BCUT2D eigenvalue weighted by Crippen LogP contribution is 2.47. The molecular weight excluding hydrogens is 309 g/mol. The molecule has 0 unspecified atom stereocenters. The first-order chi connectivity index (χ1) is 11.7. The molecule has 120 valence electrons. The van der Waals surface area contributed by atoms with Gasteiger partial charge in [0.25, 0.3) is 0 Å². The first kappa shape index (κ1) is 14.5. The number of nitrogens with two attached hydrogens (primary N) is 1. The normalized spacial score (nSPS) is 13.7. The zero-order valence-corrected chi connectivity index (χ0v) is 12.7. The van der Waals surface area contributed by atoms with E-state index in [-0.39, 0.29) is 17.7 Å². The third-order valence-corrected chi connectivity index (χ3v) is 3.86. The summed E-state index contributed by atoms with van der Waals surface area (Å²) in [6, 6.07) is 5.39. The van der Waals surface area contributed by atoms with Crippen molar-refractivity contribution >= 4 is 5.95 Å². The van der Waals surface area contributed by atoms with Crippen molar-refractivity contribution < 1.29 is 9.13 Å². The smallest absolute Gasteiger partial charge is 0.321 e. The molecular formula is C17H14FN5O. The van der Waals surface area contributed by atoms with Crippen LogP contribution in [-0.2, 0) is 0 Å². The van der Waals surface area contributed by atoms with Crippen molar-refractivity contribution in [3.63, 3.8) is 0 Å². The van der Waals surface area contributed by atoms with E-state index < -0.39 is 5.82 Å². The summed E-state index contributed by atoms with van der Waals surface area (Å²) in [6.45, 7) is 0. The monoisotopic (exact) mass is 323 g/mol. The summed E-state index contributed by atoms with van der Waals surface area (Å²) in [5.41, 5.74) is 7.21. The Bertz CT molecular complexity index is 866. The average Bonchev–Trinajstić information content (AvgIpc) is 3.43. The van der Waals surface area contributed by atoms with Gasteiger partial charge in [0.2, 0.25) is 5.95 Å². The van der Waals surface area contributed by atoms with Crippen LogP contribution in [0.1, 0.15) is 24.3 Å². The van der Waals surface area contributed by atoms with Crippen molar-refractivity contribution in [2.75, 3.05) is 5.73 Å². The second kappa shape index (κ2) is 5.84. The maximum atomic E-state index is 15.1. The van der Waals surface area contributed by atoms with E-state index in [9.17, 15) is 0 Å². The average molecular weight is 323 g/mol.